The van der Waals surface area contributed by atoms with Crippen molar-refractivity contribution >= 4 is 22.2 Å². The van der Waals surface area contributed by atoms with Gasteiger partial charge in [0.1, 0.15) is 0 Å². The van der Waals surface area contributed by atoms with Crippen molar-refractivity contribution in [2.45, 2.75) is 9.79 Å². The molecule has 0 saturated carbocycles. The van der Waals surface area contributed by atoms with Crippen molar-refractivity contribution < 1.29 is 9.13 Å². The fraction of sp³-hybridized carbons (Fsp3) is 0. The molecule has 1 aromatic carbocycles. The standard InChI is InChI=1S/C16H12N2O3S/c17-15-10-11-4-2-1-3-5-14(11)16(15)22(21)13-8-6-12(7-9-13)18(19)20/h1-10H,17H2. The largest absolute Gasteiger partial charge is 0.398 e. The van der Waals surface area contributed by atoms with E-state index in [1.807, 2.05) is 30.3 Å². The number of anilines is 1. The minimum atomic E-state index is -1.49. The molecule has 110 valence electrons. The molecule has 0 fully saturated rings. The van der Waals surface area contributed by atoms with Gasteiger partial charge < -0.3 is 5.73 Å². The van der Waals surface area contributed by atoms with Gasteiger partial charge in [0.25, 0.3) is 5.69 Å². The molecule has 5 nitrogen and oxygen atoms in total. The van der Waals surface area contributed by atoms with Gasteiger partial charge in [-0.15, -0.1) is 0 Å². The zero-order valence-electron chi connectivity index (χ0n) is 11.4. The first-order chi connectivity index (χ1) is 10.6. The highest BCUT2D eigenvalue weighted by molar-refractivity contribution is 7.85. The Morgan fingerprint density at radius 3 is 2.36 bits per heavy atom. The van der Waals surface area contributed by atoms with E-state index in [2.05, 4.69) is 0 Å². The lowest BCUT2D eigenvalue weighted by atomic mass is 10.2. The topological polar surface area (TPSA) is 86.2 Å². The zero-order chi connectivity index (χ0) is 15.7. The summed E-state index contributed by atoms with van der Waals surface area (Å²) in [4.78, 5) is 11.2. The Kier molecular flexibility index (Phi) is 3.60. The lowest BCUT2D eigenvalue weighted by Gasteiger charge is -2.04. The number of nitro groups is 1. The van der Waals surface area contributed by atoms with Crippen molar-refractivity contribution in [2.24, 2.45) is 0 Å². The van der Waals surface area contributed by atoms with Crippen molar-refractivity contribution in [2.75, 3.05) is 5.73 Å². The van der Waals surface area contributed by atoms with E-state index in [0.717, 1.165) is 11.1 Å². The Labute approximate surface area is 129 Å². The Bertz CT molecular complexity index is 846. The van der Waals surface area contributed by atoms with Crippen LogP contribution in [0.1, 0.15) is 0 Å². The van der Waals surface area contributed by atoms with E-state index in [9.17, 15) is 14.3 Å². The van der Waals surface area contributed by atoms with Gasteiger partial charge in [-0.2, -0.15) is 0 Å². The molecule has 0 aliphatic heterocycles. The van der Waals surface area contributed by atoms with Crippen LogP contribution in [-0.4, -0.2) is 9.13 Å². The molecule has 1 atom stereocenters. The summed E-state index contributed by atoms with van der Waals surface area (Å²) >= 11 is 0. The predicted molar refractivity (Wildman–Crippen MR) is 85.2 cm³/mol. The number of fused-ring (bicyclic) bond motifs is 1. The summed E-state index contributed by atoms with van der Waals surface area (Å²) in [5.74, 6) is 0. The average molecular weight is 312 g/mol. The molecule has 2 aliphatic carbocycles. The monoisotopic (exact) mass is 312 g/mol. The lowest BCUT2D eigenvalue weighted by molar-refractivity contribution is -0.384. The third kappa shape index (κ3) is 2.44. The summed E-state index contributed by atoms with van der Waals surface area (Å²) in [5.41, 5.74) is 8.16. The summed E-state index contributed by atoms with van der Waals surface area (Å²) in [5, 5.41) is 10.7. The minimum Gasteiger partial charge on any atom is -0.398 e. The van der Waals surface area contributed by atoms with Crippen LogP contribution >= 0.6 is 0 Å². The number of benzene rings is 1. The third-order valence-corrected chi connectivity index (χ3v) is 4.86. The number of hydrogen-bond donors (Lipinski definition) is 1. The van der Waals surface area contributed by atoms with Gasteiger partial charge in [-0.05, 0) is 23.8 Å². The molecule has 6 heteroatoms. The number of non-ortho nitro benzene ring substituents is 1. The van der Waals surface area contributed by atoms with Crippen LogP contribution in [0.15, 0.2) is 70.5 Å². The van der Waals surface area contributed by atoms with Crippen LogP contribution in [0, 0.1) is 10.1 Å². The van der Waals surface area contributed by atoms with Crippen molar-refractivity contribution in [3.63, 3.8) is 0 Å². The SMILES string of the molecule is Nc1cc2cccccc-2c1S(=O)c1ccc([N+](=O)[O-])cc1. The van der Waals surface area contributed by atoms with Crippen molar-refractivity contribution in [1.29, 1.82) is 0 Å². The zero-order valence-corrected chi connectivity index (χ0v) is 12.2. The Morgan fingerprint density at radius 2 is 1.68 bits per heavy atom. The number of nitro benzene ring substituents is 1. The smallest absolute Gasteiger partial charge is 0.269 e. The van der Waals surface area contributed by atoms with Gasteiger partial charge in [-0.1, -0.05) is 30.3 Å². The molecular weight excluding hydrogens is 300 g/mol. The fourth-order valence-corrected chi connectivity index (χ4v) is 3.58. The molecule has 2 aliphatic rings. The Hall–Kier alpha value is -2.73. The van der Waals surface area contributed by atoms with Crippen molar-refractivity contribution in [1.82, 2.24) is 0 Å². The quantitative estimate of drug-likeness (QED) is 0.593. The van der Waals surface area contributed by atoms with Gasteiger partial charge in [-0.3, -0.25) is 10.1 Å². The van der Waals surface area contributed by atoms with E-state index < -0.39 is 15.7 Å². The van der Waals surface area contributed by atoms with Gasteiger partial charge in [0.05, 0.1) is 20.6 Å². The van der Waals surface area contributed by atoms with E-state index >= 15 is 0 Å². The molecular formula is C16H12N2O3S. The van der Waals surface area contributed by atoms with E-state index in [4.69, 9.17) is 5.73 Å². The van der Waals surface area contributed by atoms with E-state index in [1.54, 1.807) is 6.07 Å². The maximum absolute atomic E-state index is 12.8. The van der Waals surface area contributed by atoms with Crippen LogP contribution in [-0.2, 0) is 10.8 Å². The third-order valence-electron chi connectivity index (χ3n) is 3.34. The molecule has 0 heterocycles. The first-order valence-electron chi connectivity index (χ1n) is 6.51. The van der Waals surface area contributed by atoms with Crippen LogP contribution in [0.5, 0.6) is 0 Å². The van der Waals surface area contributed by atoms with Crippen molar-refractivity contribution in [3.8, 4) is 11.1 Å². The number of nitrogens with zero attached hydrogens (tertiary/aromatic N) is 1. The summed E-state index contributed by atoms with van der Waals surface area (Å²) in [6.45, 7) is 0. The second kappa shape index (κ2) is 5.57. The molecule has 2 N–H and O–H groups in total. The van der Waals surface area contributed by atoms with Gasteiger partial charge in [0, 0.05) is 28.3 Å². The molecule has 3 rings (SSSR count). The number of rotatable bonds is 3. The molecule has 0 bridgehead atoms. The first-order valence-corrected chi connectivity index (χ1v) is 7.66. The van der Waals surface area contributed by atoms with Crippen molar-refractivity contribution in [3.05, 3.63) is 70.8 Å². The highest BCUT2D eigenvalue weighted by Crippen LogP contribution is 2.37. The average Bonchev–Trinajstić information content (AvgIpc) is 2.67. The highest BCUT2D eigenvalue weighted by Gasteiger charge is 2.20. The lowest BCUT2D eigenvalue weighted by Crippen LogP contribution is -1.97. The van der Waals surface area contributed by atoms with Crippen LogP contribution in [0.25, 0.3) is 11.1 Å². The normalized spacial score (nSPS) is 12.2. The van der Waals surface area contributed by atoms with Gasteiger partial charge in [-0.25, -0.2) is 4.21 Å². The molecule has 0 saturated heterocycles. The molecule has 0 spiro atoms. The molecule has 0 aromatic heterocycles. The Balaban J connectivity index is 2.07. The molecule has 0 radical (unpaired) electrons. The van der Waals surface area contributed by atoms with E-state index in [1.165, 1.54) is 24.3 Å². The predicted octanol–water partition coefficient (Wildman–Crippen LogP) is 3.45. The molecule has 1 aromatic rings. The first kappa shape index (κ1) is 14.2. The fourth-order valence-electron chi connectivity index (χ4n) is 2.30. The van der Waals surface area contributed by atoms with Gasteiger partial charge >= 0.3 is 0 Å². The number of hydrogen-bond acceptors (Lipinski definition) is 4. The summed E-state index contributed by atoms with van der Waals surface area (Å²) in [6.07, 6.45) is 0. The molecule has 22 heavy (non-hydrogen) atoms. The summed E-state index contributed by atoms with van der Waals surface area (Å²) in [7, 11) is -1.49. The molecule has 0 amide bonds. The van der Waals surface area contributed by atoms with E-state index in [-0.39, 0.29) is 5.69 Å². The van der Waals surface area contributed by atoms with Gasteiger partial charge in [0.2, 0.25) is 0 Å². The number of nitrogen functional groups attached to an aromatic ring is 1. The summed E-state index contributed by atoms with van der Waals surface area (Å²) in [6, 6.07) is 16.9. The highest BCUT2D eigenvalue weighted by atomic mass is 32.2. The van der Waals surface area contributed by atoms with Crippen LogP contribution in [0.4, 0.5) is 11.4 Å². The van der Waals surface area contributed by atoms with Crippen LogP contribution < -0.4 is 5.73 Å². The van der Waals surface area contributed by atoms with Crippen LogP contribution in [0.2, 0.25) is 0 Å². The minimum absolute atomic E-state index is 0.0347. The van der Waals surface area contributed by atoms with Gasteiger partial charge in [0.15, 0.2) is 0 Å². The second-order valence-electron chi connectivity index (χ2n) is 4.73. The maximum atomic E-state index is 12.8. The molecule has 1 unspecified atom stereocenters. The summed E-state index contributed by atoms with van der Waals surface area (Å²) < 4.78 is 12.8. The maximum Gasteiger partial charge on any atom is 0.269 e. The van der Waals surface area contributed by atoms with Crippen LogP contribution in [0.3, 0.4) is 0 Å². The Morgan fingerprint density at radius 1 is 1.00 bits per heavy atom. The second-order valence-corrected chi connectivity index (χ2v) is 6.15. The van der Waals surface area contributed by atoms with E-state index in [0.29, 0.717) is 15.5 Å². The number of nitrogens with two attached hydrogens (primary N) is 1.